The Morgan fingerprint density at radius 2 is 2.20 bits per heavy atom. The average molecular weight is 214 g/mol. The maximum Gasteiger partial charge on any atom is 0.0599 e. The van der Waals surface area contributed by atoms with Gasteiger partial charge in [-0.25, -0.2) is 0 Å². The summed E-state index contributed by atoms with van der Waals surface area (Å²) in [5, 5.41) is 12.8. The Balaban J connectivity index is 2.68. The summed E-state index contributed by atoms with van der Waals surface area (Å²) in [6.45, 7) is 10.2. The molecule has 0 amide bonds. The molecule has 15 heavy (non-hydrogen) atoms. The molecular formula is C12H26N2O. The third kappa shape index (κ3) is 3.44. The monoisotopic (exact) mass is 214 g/mol. The van der Waals surface area contributed by atoms with Crippen LogP contribution < -0.4 is 5.32 Å². The Morgan fingerprint density at radius 3 is 2.80 bits per heavy atom. The first-order valence-corrected chi connectivity index (χ1v) is 6.20. The summed E-state index contributed by atoms with van der Waals surface area (Å²) in [7, 11) is 0. The summed E-state index contributed by atoms with van der Waals surface area (Å²) < 4.78 is 0. The second-order valence-electron chi connectivity index (χ2n) is 5.15. The first-order valence-electron chi connectivity index (χ1n) is 6.20. The number of rotatable bonds is 4. The topological polar surface area (TPSA) is 35.5 Å². The molecule has 3 heteroatoms. The smallest absolute Gasteiger partial charge is 0.0599 e. The zero-order valence-corrected chi connectivity index (χ0v) is 10.4. The third-order valence-corrected chi connectivity index (χ3v) is 3.48. The highest BCUT2D eigenvalue weighted by atomic mass is 16.3. The largest absolute Gasteiger partial charge is 0.395 e. The number of hydrogen-bond acceptors (Lipinski definition) is 3. The van der Waals surface area contributed by atoms with Crippen molar-refractivity contribution in [2.75, 3.05) is 26.2 Å². The molecule has 0 spiro atoms. The Hall–Kier alpha value is -0.120. The van der Waals surface area contributed by atoms with Gasteiger partial charge in [-0.15, -0.1) is 0 Å². The van der Waals surface area contributed by atoms with E-state index in [1.54, 1.807) is 0 Å². The first-order chi connectivity index (χ1) is 7.11. The number of unbranched alkanes of at least 4 members (excludes halogenated alkanes) is 1. The number of aliphatic hydroxyl groups excluding tert-OH is 1. The summed E-state index contributed by atoms with van der Waals surface area (Å²) in [6.07, 6.45) is 3.60. The molecule has 0 saturated carbocycles. The van der Waals surface area contributed by atoms with E-state index in [2.05, 4.69) is 31.0 Å². The van der Waals surface area contributed by atoms with Crippen LogP contribution in [0.2, 0.25) is 0 Å². The molecule has 0 aromatic heterocycles. The Kier molecular flexibility index (Phi) is 5.03. The van der Waals surface area contributed by atoms with Crippen LogP contribution >= 0.6 is 0 Å². The second-order valence-corrected chi connectivity index (χ2v) is 5.15. The fraction of sp³-hybridized carbons (Fsp3) is 1.00. The van der Waals surface area contributed by atoms with Crippen molar-refractivity contribution in [1.29, 1.82) is 0 Å². The SMILES string of the molecule is CCCCN1C(CO)CNCCC1(C)C. The molecular weight excluding hydrogens is 188 g/mol. The Bertz CT molecular complexity index is 182. The summed E-state index contributed by atoms with van der Waals surface area (Å²) in [4.78, 5) is 2.48. The van der Waals surface area contributed by atoms with Crippen molar-refractivity contribution in [3.05, 3.63) is 0 Å². The van der Waals surface area contributed by atoms with E-state index in [9.17, 15) is 5.11 Å². The van der Waals surface area contributed by atoms with E-state index in [1.165, 1.54) is 12.8 Å². The van der Waals surface area contributed by atoms with Crippen LogP contribution in [0, 0.1) is 0 Å². The lowest BCUT2D eigenvalue weighted by Crippen LogP contribution is -2.52. The highest BCUT2D eigenvalue weighted by molar-refractivity contribution is 4.90. The predicted octanol–water partition coefficient (Wildman–Crippen LogP) is 1.22. The van der Waals surface area contributed by atoms with Gasteiger partial charge in [-0.3, -0.25) is 4.90 Å². The molecule has 1 heterocycles. The maximum atomic E-state index is 9.44. The Labute approximate surface area is 93.9 Å². The van der Waals surface area contributed by atoms with E-state index in [-0.39, 0.29) is 18.2 Å². The van der Waals surface area contributed by atoms with Gasteiger partial charge in [-0.05, 0) is 39.8 Å². The van der Waals surface area contributed by atoms with Crippen LogP contribution in [0.3, 0.4) is 0 Å². The van der Waals surface area contributed by atoms with Gasteiger partial charge in [-0.2, -0.15) is 0 Å². The van der Waals surface area contributed by atoms with Crippen LogP contribution in [0.4, 0.5) is 0 Å². The van der Waals surface area contributed by atoms with Crippen LogP contribution in [0.15, 0.2) is 0 Å². The predicted molar refractivity (Wildman–Crippen MR) is 64.1 cm³/mol. The van der Waals surface area contributed by atoms with Gasteiger partial charge in [-0.1, -0.05) is 13.3 Å². The molecule has 1 unspecified atom stereocenters. The van der Waals surface area contributed by atoms with Gasteiger partial charge in [0.15, 0.2) is 0 Å². The standard InChI is InChI=1S/C12H26N2O/c1-4-5-8-14-11(10-15)9-13-7-6-12(14,2)3/h11,13,15H,4-10H2,1-3H3. The molecule has 1 aliphatic rings. The van der Waals surface area contributed by atoms with Gasteiger partial charge in [0.05, 0.1) is 6.61 Å². The van der Waals surface area contributed by atoms with Gasteiger partial charge < -0.3 is 10.4 Å². The summed E-state index contributed by atoms with van der Waals surface area (Å²) in [5.74, 6) is 0. The van der Waals surface area contributed by atoms with Gasteiger partial charge in [0, 0.05) is 18.1 Å². The second kappa shape index (κ2) is 5.83. The quantitative estimate of drug-likeness (QED) is 0.738. The van der Waals surface area contributed by atoms with Crippen LogP contribution in [0.25, 0.3) is 0 Å². The van der Waals surface area contributed by atoms with E-state index in [4.69, 9.17) is 0 Å². The molecule has 0 aliphatic carbocycles. The molecule has 1 saturated heterocycles. The van der Waals surface area contributed by atoms with Crippen LogP contribution in [0.1, 0.15) is 40.0 Å². The fourth-order valence-corrected chi connectivity index (χ4v) is 2.39. The van der Waals surface area contributed by atoms with Crippen molar-refractivity contribution in [1.82, 2.24) is 10.2 Å². The summed E-state index contributed by atoms with van der Waals surface area (Å²) in [6, 6.07) is 0.286. The lowest BCUT2D eigenvalue weighted by Gasteiger charge is -2.41. The molecule has 0 bridgehead atoms. The molecule has 0 aromatic carbocycles. The van der Waals surface area contributed by atoms with Crippen molar-refractivity contribution < 1.29 is 5.11 Å². The van der Waals surface area contributed by atoms with Crippen molar-refractivity contribution in [3.63, 3.8) is 0 Å². The Morgan fingerprint density at radius 1 is 1.47 bits per heavy atom. The average Bonchev–Trinajstić information content (AvgIpc) is 2.34. The molecule has 3 nitrogen and oxygen atoms in total. The van der Waals surface area contributed by atoms with Crippen molar-refractivity contribution in [2.45, 2.75) is 51.6 Å². The zero-order valence-electron chi connectivity index (χ0n) is 10.4. The number of nitrogens with zero attached hydrogens (tertiary/aromatic N) is 1. The number of aliphatic hydroxyl groups is 1. The molecule has 0 radical (unpaired) electrons. The molecule has 1 fully saturated rings. The molecule has 0 aromatic rings. The van der Waals surface area contributed by atoms with Crippen molar-refractivity contribution in [2.24, 2.45) is 0 Å². The summed E-state index contributed by atoms with van der Waals surface area (Å²) >= 11 is 0. The van der Waals surface area contributed by atoms with Crippen LogP contribution in [-0.2, 0) is 0 Å². The number of nitrogens with one attached hydrogen (secondary N) is 1. The van der Waals surface area contributed by atoms with E-state index < -0.39 is 0 Å². The lowest BCUT2D eigenvalue weighted by atomic mass is 9.96. The van der Waals surface area contributed by atoms with E-state index >= 15 is 0 Å². The lowest BCUT2D eigenvalue weighted by molar-refractivity contribution is 0.0442. The maximum absolute atomic E-state index is 9.44. The normalized spacial score (nSPS) is 27.6. The van der Waals surface area contributed by atoms with Crippen molar-refractivity contribution in [3.8, 4) is 0 Å². The zero-order chi connectivity index (χ0) is 11.3. The minimum absolute atomic E-state index is 0.214. The minimum Gasteiger partial charge on any atom is -0.395 e. The van der Waals surface area contributed by atoms with Crippen molar-refractivity contribution >= 4 is 0 Å². The summed E-state index contributed by atoms with van der Waals surface area (Å²) in [5.41, 5.74) is 0.214. The number of hydrogen-bond donors (Lipinski definition) is 2. The van der Waals surface area contributed by atoms with Gasteiger partial charge >= 0.3 is 0 Å². The van der Waals surface area contributed by atoms with E-state index in [0.717, 1.165) is 26.1 Å². The molecule has 1 atom stereocenters. The molecule has 90 valence electrons. The highest BCUT2D eigenvalue weighted by Gasteiger charge is 2.33. The fourth-order valence-electron chi connectivity index (χ4n) is 2.39. The van der Waals surface area contributed by atoms with Crippen LogP contribution in [-0.4, -0.2) is 47.8 Å². The molecule has 1 rings (SSSR count). The van der Waals surface area contributed by atoms with Gasteiger partial charge in [0.25, 0.3) is 0 Å². The van der Waals surface area contributed by atoms with E-state index in [0.29, 0.717) is 0 Å². The molecule has 1 aliphatic heterocycles. The van der Waals surface area contributed by atoms with E-state index in [1.807, 2.05) is 0 Å². The van der Waals surface area contributed by atoms with Crippen LogP contribution in [0.5, 0.6) is 0 Å². The minimum atomic E-state index is 0.214. The molecule has 2 N–H and O–H groups in total. The first kappa shape index (κ1) is 12.9. The highest BCUT2D eigenvalue weighted by Crippen LogP contribution is 2.23. The third-order valence-electron chi connectivity index (χ3n) is 3.48. The van der Waals surface area contributed by atoms with Gasteiger partial charge in [0.1, 0.15) is 0 Å². The van der Waals surface area contributed by atoms with Gasteiger partial charge in [0.2, 0.25) is 0 Å².